The van der Waals surface area contributed by atoms with Crippen LogP contribution in [0.15, 0.2) is 22.9 Å². The molecule has 0 aliphatic heterocycles. The van der Waals surface area contributed by atoms with Crippen molar-refractivity contribution in [1.82, 2.24) is 4.98 Å². The molecular formula is C10H13BrN2OS. The monoisotopic (exact) mass is 288 g/mol. The Kier molecular flexibility index (Phi) is 3.75. The van der Waals surface area contributed by atoms with Gasteiger partial charge in [0.15, 0.2) is 0 Å². The molecule has 1 aliphatic carbocycles. The first-order valence-electron chi connectivity index (χ1n) is 5.03. The maximum atomic E-state index is 11.9. The molecule has 1 N–H and O–H groups in total. The van der Waals surface area contributed by atoms with E-state index in [2.05, 4.69) is 25.6 Å². The van der Waals surface area contributed by atoms with E-state index in [-0.39, 0.29) is 0 Å². The SMILES string of the molecule is O=S(Nc1cncc(Br)c1)C1CCCC1. The van der Waals surface area contributed by atoms with Gasteiger partial charge < -0.3 is 4.72 Å². The molecule has 3 nitrogen and oxygen atoms in total. The summed E-state index contributed by atoms with van der Waals surface area (Å²) in [5.74, 6) is 0. The number of nitrogens with one attached hydrogen (secondary N) is 1. The highest BCUT2D eigenvalue weighted by atomic mass is 79.9. The Bertz CT molecular complexity index is 366. The van der Waals surface area contributed by atoms with Crippen molar-refractivity contribution < 1.29 is 4.21 Å². The lowest BCUT2D eigenvalue weighted by Gasteiger charge is -2.10. The summed E-state index contributed by atoms with van der Waals surface area (Å²) in [6, 6.07) is 1.89. The lowest BCUT2D eigenvalue weighted by atomic mass is 10.4. The molecule has 5 heteroatoms. The number of rotatable bonds is 3. The Morgan fingerprint density at radius 3 is 2.80 bits per heavy atom. The molecular weight excluding hydrogens is 276 g/mol. The second-order valence-corrected chi connectivity index (χ2v) is 6.08. The molecule has 0 spiro atoms. The van der Waals surface area contributed by atoms with E-state index in [4.69, 9.17) is 0 Å². The minimum atomic E-state index is -0.965. The topological polar surface area (TPSA) is 42.0 Å². The van der Waals surface area contributed by atoms with Crippen LogP contribution in [0.25, 0.3) is 0 Å². The largest absolute Gasteiger partial charge is 0.303 e. The first-order chi connectivity index (χ1) is 7.25. The highest BCUT2D eigenvalue weighted by Crippen LogP contribution is 2.24. The van der Waals surface area contributed by atoms with E-state index in [0.717, 1.165) is 23.0 Å². The number of halogens is 1. The van der Waals surface area contributed by atoms with Crippen molar-refractivity contribution in [2.75, 3.05) is 4.72 Å². The molecule has 1 aromatic rings. The molecule has 82 valence electrons. The van der Waals surface area contributed by atoms with E-state index in [0.29, 0.717) is 5.25 Å². The first-order valence-corrected chi connectivity index (χ1v) is 7.04. The van der Waals surface area contributed by atoms with Crippen LogP contribution in [0.4, 0.5) is 5.69 Å². The normalized spacial score (nSPS) is 19.0. The third kappa shape index (κ3) is 3.01. The van der Waals surface area contributed by atoms with Gasteiger partial charge in [-0.15, -0.1) is 0 Å². The van der Waals surface area contributed by atoms with Crippen LogP contribution in [0.3, 0.4) is 0 Å². The van der Waals surface area contributed by atoms with Crippen LogP contribution in [-0.4, -0.2) is 14.4 Å². The van der Waals surface area contributed by atoms with Crippen LogP contribution >= 0.6 is 15.9 Å². The predicted octanol–water partition coefficient (Wildman–Crippen LogP) is 2.86. The molecule has 0 amide bonds. The first kappa shape index (κ1) is 11.1. The Balaban J connectivity index is 1.99. The molecule has 1 saturated carbocycles. The number of hydrogen-bond acceptors (Lipinski definition) is 2. The van der Waals surface area contributed by atoms with Gasteiger partial charge in [-0.1, -0.05) is 12.8 Å². The zero-order valence-corrected chi connectivity index (χ0v) is 10.7. The molecule has 0 radical (unpaired) electrons. The summed E-state index contributed by atoms with van der Waals surface area (Å²) in [5.41, 5.74) is 0.814. The van der Waals surface area contributed by atoms with Crippen LogP contribution in [0.2, 0.25) is 0 Å². The summed E-state index contributed by atoms with van der Waals surface area (Å²) in [4.78, 5) is 4.02. The molecule has 1 fully saturated rings. The molecule has 1 unspecified atom stereocenters. The van der Waals surface area contributed by atoms with Crippen molar-refractivity contribution >= 4 is 32.6 Å². The average Bonchev–Trinajstić information content (AvgIpc) is 2.70. The third-order valence-corrected chi connectivity index (χ3v) is 4.48. The Hall–Kier alpha value is -0.420. The van der Waals surface area contributed by atoms with E-state index in [9.17, 15) is 4.21 Å². The number of nitrogens with zero attached hydrogens (tertiary/aromatic N) is 1. The van der Waals surface area contributed by atoms with Crippen molar-refractivity contribution in [3.8, 4) is 0 Å². The number of pyridine rings is 1. The summed E-state index contributed by atoms with van der Waals surface area (Å²) in [5, 5.41) is 0.309. The standard InChI is InChI=1S/C10H13BrN2OS/c11-8-5-9(7-12-6-8)13-15(14)10-3-1-2-4-10/h5-7,10,13H,1-4H2. The van der Waals surface area contributed by atoms with Gasteiger partial charge in [-0.25, -0.2) is 4.21 Å². The second-order valence-electron chi connectivity index (χ2n) is 3.70. The van der Waals surface area contributed by atoms with Crippen LogP contribution in [0, 0.1) is 0 Å². The summed E-state index contributed by atoms with van der Waals surface area (Å²) in [7, 11) is -0.965. The molecule has 1 heterocycles. The van der Waals surface area contributed by atoms with Gasteiger partial charge in [-0.2, -0.15) is 0 Å². The van der Waals surface area contributed by atoms with Crippen molar-refractivity contribution in [3.05, 3.63) is 22.9 Å². The molecule has 15 heavy (non-hydrogen) atoms. The van der Waals surface area contributed by atoms with Crippen LogP contribution < -0.4 is 4.72 Å². The van der Waals surface area contributed by atoms with Gasteiger partial charge in [0.05, 0.1) is 17.1 Å². The number of anilines is 1. The van der Waals surface area contributed by atoms with Crippen LogP contribution in [0.5, 0.6) is 0 Å². The predicted molar refractivity (Wildman–Crippen MR) is 66.0 cm³/mol. The molecule has 1 atom stereocenters. The van der Waals surface area contributed by atoms with Crippen molar-refractivity contribution in [2.45, 2.75) is 30.9 Å². The Labute approximate surface area is 100 Å². The lowest BCUT2D eigenvalue weighted by Crippen LogP contribution is -2.17. The van der Waals surface area contributed by atoms with Crippen LogP contribution in [0.1, 0.15) is 25.7 Å². The van der Waals surface area contributed by atoms with Gasteiger partial charge >= 0.3 is 0 Å². The van der Waals surface area contributed by atoms with E-state index in [1.54, 1.807) is 12.4 Å². The zero-order valence-electron chi connectivity index (χ0n) is 8.28. The van der Waals surface area contributed by atoms with E-state index in [1.807, 2.05) is 6.07 Å². The zero-order chi connectivity index (χ0) is 10.7. The molecule has 0 bridgehead atoms. The smallest absolute Gasteiger partial charge is 0.120 e. The molecule has 2 rings (SSSR count). The fourth-order valence-electron chi connectivity index (χ4n) is 1.77. The summed E-state index contributed by atoms with van der Waals surface area (Å²) in [6.45, 7) is 0. The highest BCUT2D eigenvalue weighted by molar-refractivity contribution is 9.10. The van der Waals surface area contributed by atoms with E-state index in [1.165, 1.54) is 12.8 Å². The summed E-state index contributed by atoms with van der Waals surface area (Å²) in [6.07, 6.45) is 7.95. The Morgan fingerprint density at radius 2 is 2.13 bits per heavy atom. The fraction of sp³-hybridized carbons (Fsp3) is 0.500. The van der Waals surface area contributed by atoms with Crippen LogP contribution in [-0.2, 0) is 11.0 Å². The number of hydrogen-bond donors (Lipinski definition) is 1. The van der Waals surface area contributed by atoms with E-state index >= 15 is 0 Å². The van der Waals surface area contributed by atoms with Gasteiger partial charge in [-0.3, -0.25) is 4.98 Å². The van der Waals surface area contributed by atoms with Gasteiger partial charge in [0.1, 0.15) is 11.0 Å². The number of aromatic nitrogens is 1. The fourth-order valence-corrected chi connectivity index (χ4v) is 3.41. The van der Waals surface area contributed by atoms with Gasteiger partial charge in [0.2, 0.25) is 0 Å². The van der Waals surface area contributed by atoms with Crippen molar-refractivity contribution in [2.24, 2.45) is 0 Å². The van der Waals surface area contributed by atoms with Crippen molar-refractivity contribution in [3.63, 3.8) is 0 Å². The summed E-state index contributed by atoms with van der Waals surface area (Å²) >= 11 is 3.33. The van der Waals surface area contributed by atoms with Gasteiger partial charge in [0, 0.05) is 10.7 Å². The Morgan fingerprint density at radius 1 is 1.40 bits per heavy atom. The molecule has 1 aliphatic rings. The maximum absolute atomic E-state index is 11.9. The minimum absolute atomic E-state index is 0.309. The minimum Gasteiger partial charge on any atom is -0.303 e. The second kappa shape index (κ2) is 5.07. The highest BCUT2D eigenvalue weighted by Gasteiger charge is 2.21. The molecule has 0 saturated heterocycles. The molecule has 0 aromatic carbocycles. The maximum Gasteiger partial charge on any atom is 0.120 e. The van der Waals surface area contributed by atoms with Gasteiger partial charge in [-0.05, 0) is 34.8 Å². The molecule has 1 aromatic heterocycles. The average molecular weight is 289 g/mol. The quantitative estimate of drug-likeness (QED) is 0.929. The van der Waals surface area contributed by atoms with Crippen molar-refractivity contribution in [1.29, 1.82) is 0 Å². The lowest BCUT2D eigenvalue weighted by molar-refractivity contribution is 0.673. The van der Waals surface area contributed by atoms with E-state index < -0.39 is 11.0 Å². The summed E-state index contributed by atoms with van der Waals surface area (Å²) < 4.78 is 15.8. The third-order valence-electron chi connectivity index (χ3n) is 2.53. The van der Waals surface area contributed by atoms with Gasteiger partial charge in [0.25, 0.3) is 0 Å².